The first-order valence-electron chi connectivity index (χ1n) is 11.2. The maximum atomic E-state index is 14.1. The van der Waals surface area contributed by atoms with Gasteiger partial charge >= 0.3 is 0 Å². The van der Waals surface area contributed by atoms with Crippen LogP contribution in [0.25, 0.3) is 10.8 Å². The Bertz CT molecular complexity index is 1120. The van der Waals surface area contributed by atoms with Crippen molar-refractivity contribution in [1.29, 1.82) is 0 Å². The second-order valence-electron chi connectivity index (χ2n) is 8.21. The second kappa shape index (κ2) is 11.3. The largest absolute Gasteiger partial charge is 0.353 e. The molecule has 1 aliphatic heterocycles. The standard InChI is InChI=1S/C26H26Cl2FNO3/c27-23-9-8-17(14-24(23)28)19(10-12-33-25-7-3-4-11-32-25)16-30-26(31)22-15-20(29)13-18-5-1-2-6-21(18)22/h1-2,5-6,8-9,13-15,19,25H,3-4,7,10-12,16H2,(H,30,31). The molecule has 0 radical (unpaired) electrons. The first kappa shape index (κ1) is 24.0. The fraction of sp³-hybridized carbons (Fsp3) is 0.346. The number of amides is 1. The highest BCUT2D eigenvalue weighted by molar-refractivity contribution is 6.42. The highest BCUT2D eigenvalue weighted by atomic mass is 35.5. The maximum Gasteiger partial charge on any atom is 0.252 e. The molecular weight excluding hydrogens is 464 g/mol. The average molecular weight is 490 g/mol. The lowest BCUT2D eigenvalue weighted by Gasteiger charge is -2.24. The third kappa shape index (κ3) is 6.24. The van der Waals surface area contributed by atoms with E-state index in [-0.39, 0.29) is 18.1 Å². The summed E-state index contributed by atoms with van der Waals surface area (Å²) in [4.78, 5) is 13.0. The van der Waals surface area contributed by atoms with E-state index >= 15 is 0 Å². The molecule has 0 saturated carbocycles. The van der Waals surface area contributed by atoms with Crippen molar-refractivity contribution >= 4 is 39.9 Å². The minimum Gasteiger partial charge on any atom is -0.353 e. The number of fused-ring (bicyclic) bond motifs is 1. The van der Waals surface area contributed by atoms with Crippen LogP contribution in [0.5, 0.6) is 0 Å². The Morgan fingerprint density at radius 1 is 1.12 bits per heavy atom. The highest BCUT2D eigenvalue weighted by Gasteiger charge is 2.19. The number of hydrogen-bond donors (Lipinski definition) is 1. The third-order valence-electron chi connectivity index (χ3n) is 5.90. The lowest BCUT2D eigenvalue weighted by Crippen LogP contribution is -2.30. The molecular formula is C26H26Cl2FNO3. The number of hydrogen-bond acceptors (Lipinski definition) is 3. The van der Waals surface area contributed by atoms with E-state index in [2.05, 4.69) is 5.32 Å². The summed E-state index contributed by atoms with van der Waals surface area (Å²) in [5.41, 5.74) is 1.26. The van der Waals surface area contributed by atoms with E-state index in [1.807, 2.05) is 30.3 Å². The number of rotatable bonds is 8. The predicted molar refractivity (Wildman–Crippen MR) is 130 cm³/mol. The summed E-state index contributed by atoms with van der Waals surface area (Å²) in [6.45, 7) is 1.55. The summed E-state index contributed by atoms with van der Waals surface area (Å²) < 4.78 is 25.7. The van der Waals surface area contributed by atoms with Crippen molar-refractivity contribution in [2.75, 3.05) is 19.8 Å². The van der Waals surface area contributed by atoms with Gasteiger partial charge in [0.1, 0.15) is 5.82 Å². The minimum atomic E-state index is -0.444. The van der Waals surface area contributed by atoms with E-state index in [4.69, 9.17) is 32.7 Å². The van der Waals surface area contributed by atoms with Crippen molar-refractivity contribution < 1.29 is 18.7 Å². The van der Waals surface area contributed by atoms with Gasteiger partial charge in [-0.15, -0.1) is 0 Å². The van der Waals surface area contributed by atoms with Gasteiger partial charge in [0, 0.05) is 19.1 Å². The molecule has 2 atom stereocenters. The van der Waals surface area contributed by atoms with Gasteiger partial charge in [0.2, 0.25) is 0 Å². The number of carbonyl (C=O) groups excluding carboxylic acids is 1. The van der Waals surface area contributed by atoms with E-state index < -0.39 is 5.82 Å². The van der Waals surface area contributed by atoms with Crippen molar-refractivity contribution in [2.24, 2.45) is 0 Å². The molecule has 1 amide bonds. The van der Waals surface area contributed by atoms with Gasteiger partial charge in [0.25, 0.3) is 5.91 Å². The molecule has 2 unspecified atom stereocenters. The summed E-state index contributed by atoms with van der Waals surface area (Å²) in [5, 5.41) is 5.29. The highest BCUT2D eigenvalue weighted by Crippen LogP contribution is 2.29. The molecule has 33 heavy (non-hydrogen) atoms. The van der Waals surface area contributed by atoms with Crippen molar-refractivity contribution in [3.05, 3.63) is 81.6 Å². The van der Waals surface area contributed by atoms with Crippen LogP contribution >= 0.6 is 23.2 Å². The van der Waals surface area contributed by atoms with E-state index in [0.29, 0.717) is 46.0 Å². The van der Waals surface area contributed by atoms with Crippen LogP contribution in [0, 0.1) is 5.82 Å². The van der Waals surface area contributed by atoms with Gasteiger partial charge in [0.05, 0.1) is 22.2 Å². The Kier molecular flexibility index (Phi) is 8.20. The van der Waals surface area contributed by atoms with E-state index in [9.17, 15) is 9.18 Å². The van der Waals surface area contributed by atoms with Crippen LogP contribution in [0.1, 0.15) is 47.5 Å². The van der Waals surface area contributed by atoms with Crippen molar-refractivity contribution in [1.82, 2.24) is 5.32 Å². The molecule has 3 aromatic rings. The molecule has 0 aromatic heterocycles. The molecule has 4 nitrogen and oxygen atoms in total. The lowest BCUT2D eigenvalue weighted by atomic mass is 9.95. The maximum absolute atomic E-state index is 14.1. The third-order valence-corrected chi connectivity index (χ3v) is 6.64. The topological polar surface area (TPSA) is 47.6 Å². The van der Waals surface area contributed by atoms with Crippen molar-refractivity contribution in [3.8, 4) is 0 Å². The second-order valence-corrected chi connectivity index (χ2v) is 9.02. The average Bonchev–Trinajstić information content (AvgIpc) is 2.83. The van der Waals surface area contributed by atoms with Crippen molar-refractivity contribution in [3.63, 3.8) is 0 Å². The summed E-state index contributed by atoms with van der Waals surface area (Å²) >= 11 is 12.3. The monoisotopic (exact) mass is 489 g/mol. The zero-order chi connectivity index (χ0) is 23.2. The Hall–Kier alpha value is -2.18. The van der Waals surface area contributed by atoms with Gasteiger partial charge in [-0.05, 0) is 66.3 Å². The Morgan fingerprint density at radius 3 is 2.76 bits per heavy atom. The Labute approximate surface area is 203 Å². The fourth-order valence-corrected chi connectivity index (χ4v) is 4.42. The summed E-state index contributed by atoms with van der Waals surface area (Å²) in [6, 6.07) is 15.4. The summed E-state index contributed by atoms with van der Waals surface area (Å²) in [6.07, 6.45) is 3.52. The SMILES string of the molecule is O=C(NCC(CCOC1CCCCO1)c1ccc(Cl)c(Cl)c1)c1cc(F)cc2ccccc12. The van der Waals surface area contributed by atoms with Crippen LogP contribution < -0.4 is 5.32 Å². The zero-order valence-corrected chi connectivity index (χ0v) is 19.7. The number of nitrogens with one attached hydrogen (secondary N) is 1. The number of halogens is 3. The van der Waals surface area contributed by atoms with Crippen LogP contribution in [0.15, 0.2) is 54.6 Å². The normalized spacial score (nSPS) is 17.1. The Balaban J connectivity index is 1.47. The molecule has 1 heterocycles. The van der Waals surface area contributed by atoms with Crippen LogP contribution in [0.4, 0.5) is 4.39 Å². The Morgan fingerprint density at radius 2 is 1.97 bits per heavy atom. The van der Waals surface area contributed by atoms with Crippen LogP contribution in [-0.4, -0.2) is 32.0 Å². The van der Waals surface area contributed by atoms with Crippen LogP contribution in [0.3, 0.4) is 0 Å². The van der Waals surface area contributed by atoms with E-state index in [0.717, 1.165) is 31.4 Å². The molecule has 1 fully saturated rings. The number of ether oxygens (including phenoxy) is 2. The van der Waals surface area contributed by atoms with Gasteiger partial charge in [-0.25, -0.2) is 4.39 Å². The van der Waals surface area contributed by atoms with Gasteiger partial charge in [-0.1, -0.05) is 53.5 Å². The first-order valence-corrected chi connectivity index (χ1v) is 11.9. The van der Waals surface area contributed by atoms with Crippen LogP contribution in [0.2, 0.25) is 10.0 Å². The molecule has 3 aromatic carbocycles. The van der Waals surface area contributed by atoms with Gasteiger partial charge in [0.15, 0.2) is 6.29 Å². The number of carbonyl (C=O) groups is 1. The smallest absolute Gasteiger partial charge is 0.252 e. The van der Waals surface area contributed by atoms with Gasteiger partial charge in [-0.3, -0.25) is 4.79 Å². The zero-order valence-electron chi connectivity index (χ0n) is 18.2. The fourth-order valence-electron chi connectivity index (χ4n) is 4.11. The van der Waals surface area contributed by atoms with Crippen LogP contribution in [-0.2, 0) is 9.47 Å². The first-order chi connectivity index (χ1) is 16.0. The summed E-state index contributed by atoms with van der Waals surface area (Å²) in [5.74, 6) is -0.833. The van der Waals surface area contributed by atoms with E-state index in [1.54, 1.807) is 12.1 Å². The molecule has 7 heteroatoms. The molecule has 4 rings (SSSR count). The number of benzene rings is 3. The molecule has 174 valence electrons. The predicted octanol–water partition coefficient (Wildman–Crippen LogP) is 6.73. The lowest BCUT2D eigenvalue weighted by molar-refractivity contribution is -0.163. The van der Waals surface area contributed by atoms with Gasteiger partial charge < -0.3 is 14.8 Å². The minimum absolute atomic E-state index is 0.0628. The molecule has 0 spiro atoms. The molecule has 1 aliphatic rings. The summed E-state index contributed by atoms with van der Waals surface area (Å²) in [7, 11) is 0. The van der Waals surface area contributed by atoms with Crippen molar-refractivity contribution in [2.45, 2.75) is 37.9 Å². The molecule has 0 aliphatic carbocycles. The van der Waals surface area contributed by atoms with Gasteiger partial charge in [-0.2, -0.15) is 0 Å². The quantitative estimate of drug-likeness (QED) is 0.381. The molecule has 0 bridgehead atoms. The molecule has 1 saturated heterocycles. The van der Waals surface area contributed by atoms with E-state index in [1.165, 1.54) is 12.1 Å². The molecule has 1 N–H and O–H groups in total.